The van der Waals surface area contributed by atoms with Crippen LogP contribution in [0.3, 0.4) is 0 Å². The second-order valence-electron chi connectivity index (χ2n) is 4.93. The van der Waals surface area contributed by atoms with E-state index in [0.717, 1.165) is 11.1 Å². The topological polar surface area (TPSA) is 26.3 Å². The van der Waals surface area contributed by atoms with E-state index in [1.165, 1.54) is 12.7 Å². The van der Waals surface area contributed by atoms with Gasteiger partial charge in [-0.1, -0.05) is 55.8 Å². The van der Waals surface area contributed by atoms with Crippen LogP contribution in [0.25, 0.3) is 11.1 Å². The Bertz CT molecular complexity index is 615. The zero-order valence-electron chi connectivity index (χ0n) is 11.8. The molecule has 0 heterocycles. The van der Waals surface area contributed by atoms with Gasteiger partial charge < -0.3 is 4.74 Å². The molecule has 104 valence electrons. The van der Waals surface area contributed by atoms with Crippen molar-refractivity contribution in [3.8, 4) is 11.1 Å². The fourth-order valence-corrected chi connectivity index (χ4v) is 2.42. The molecule has 0 saturated carbocycles. The number of halogens is 1. The quantitative estimate of drug-likeness (QED) is 0.750. The van der Waals surface area contributed by atoms with Crippen LogP contribution in [-0.2, 0) is 4.74 Å². The van der Waals surface area contributed by atoms with Gasteiger partial charge in [-0.15, -0.1) is 0 Å². The third-order valence-electron chi connectivity index (χ3n) is 3.28. The average molecular weight is 289 g/mol. The number of rotatable bonds is 3. The summed E-state index contributed by atoms with van der Waals surface area (Å²) >= 11 is 6.26. The molecule has 0 bridgehead atoms. The molecule has 0 atom stereocenters. The molecule has 0 amide bonds. The molecular formula is C17H17ClO2. The summed E-state index contributed by atoms with van der Waals surface area (Å²) < 4.78 is 4.82. The van der Waals surface area contributed by atoms with Crippen LogP contribution >= 0.6 is 11.6 Å². The number of ether oxygens (including phenoxy) is 1. The lowest BCUT2D eigenvalue weighted by atomic mass is 9.96. The van der Waals surface area contributed by atoms with Crippen molar-refractivity contribution in [1.29, 1.82) is 0 Å². The lowest BCUT2D eigenvalue weighted by Crippen LogP contribution is -2.04. The summed E-state index contributed by atoms with van der Waals surface area (Å²) in [6.45, 7) is 4.29. The van der Waals surface area contributed by atoms with Crippen LogP contribution in [0.15, 0.2) is 42.5 Å². The molecule has 0 aliphatic rings. The predicted molar refractivity (Wildman–Crippen MR) is 82.3 cm³/mol. The SMILES string of the molecule is COC(=O)c1cccc(Cl)c1-c1ccc(C(C)C)cc1. The van der Waals surface area contributed by atoms with E-state index in [-0.39, 0.29) is 5.97 Å². The van der Waals surface area contributed by atoms with Gasteiger partial charge in [0.15, 0.2) is 0 Å². The van der Waals surface area contributed by atoms with Crippen molar-refractivity contribution < 1.29 is 9.53 Å². The minimum atomic E-state index is -0.379. The van der Waals surface area contributed by atoms with E-state index in [1.54, 1.807) is 18.2 Å². The fourth-order valence-electron chi connectivity index (χ4n) is 2.13. The number of esters is 1. The van der Waals surface area contributed by atoms with Gasteiger partial charge in [0, 0.05) is 10.6 Å². The number of hydrogen-bond acceptors (Lipinski definition) is 2. The summed E-state index contributed by atoms with van der Waals surface area (Å²) in [7, 11) is 1.37. The van der Waals surface area contributed by atoms with Crippen molar-refractivity contribution in [2.45, 2.75) is 19.8 Å². The van der Waals surface area contributed by atoms with Crippen molar-refractivity contribution in [2.24, 2.45) is 0 Å². The molecule has 0 spiro atoms. The summed E-state index contributed by atoms with van der Waals surface area (Å²) in [6, 6.07) is 13.4. The summed E-state index contributed by atoms with van der Waals surface area (Å²) in [5.74, 6) is 0.0887. The highest BCUT2D eigenvalue weighted by molar-refractivity contribution is 6.34. The first-order chi connectivity index (χ1) is 9.54. The van der Waals surface area contributed by atoms with E-state index < -0.39 is 0 Å². The minimum Gasteiger partial charge on any atom is -0.465 e. The number of carbonyl (C=O) groups excluding carboxylic acids is 1. The zero-order valence-corrected chi connectivity index (χ0v) is 12.6. The molecule has 2 aromatic carbocycles. The van der Waals surface area contributed by atoms with Gasteiger partial charge >= 0.3 is 5.97 Å². The highest BCUT2D eigenvalue weighted by Crippen LogP contribution is 2.32. The predicted octanol–water partition coefficient (Wildman–Crippen LogP) is 4.92. The third kappa shape index (κ3) is 2.86. The Kier molecular flexibility index (Phi) is 4.46. The molecule has 0 unspecified atom stereocenters. The van der Waals surface area contributed by atoms with Gasteiger partial charge in [-0.2, -0.15) is 0 Å². The fraction of sp³-hybridized carbons (Fsp3) is 0.235. The van der Waals surface area contributed by atoms with Gasteiger partial charge in [0.2, 0.25) is 0 Å². The largest absolute Gasteiger partial charge is 0.465 e. The first kappa shape index (κ1) is 14.6. The molecule has 3 heteroatoms. The lowest BCUT2D eigenvalue weighted by Gasteiger charge is -2.12. The first-order valence-corrected chi connectivity index (χ1v) is 6.89. The lowest BCUT2D eigenvalue weighted by molar-refractivity contribution is 0.0601. The van der Waals surface area contributed by atoms with Crippen molar-refractivity contribution in [2.75, 3.05) is 7.11 Å². The Labute approximate surface area is 124 Å². The first-order valence-electron chi connectivity index (χ1n) is 6.51. The monoisotopic (exact) mass is 288 g/mol. The van der Waals surface area contributed by atoms with Crippen molar-refractivity contribution in [3.63, 3.8) is 0 Å². The molecule has 2 nitrogen and oxygen atoms in total. The normalized spacial score (nSPS) is 10.7. The molecule has 20 heavy (non-hydrogen) atoms. The maximum absolute atomic E-state index is 11.9. The molecule has 0 radical (unpaired) electrons. The molecule has 2 aromatic rings. The molecule has 0 aromatic heterocycles. The summed E-state index contributed by atoms with van der Waals surface area (Å²) in [6.07, 6.45) is 0. The highest BCUT2D eigenvalue weighted by atomic mass is 35.5. The highest BCUT2D eigenvalue weighted by Gasteiger charge is 2.16. The van der Waals surface area contributed by atoms with Gasteiger partial charge in [-0.3, -0.25) is 0 Å². The Morgan fingerprint density at radius 3 is 2.30 bits per heavy atom. The summed E-state index contributed by atoms with van der Waals surface area (Å²) in [4.78, 5) is 11.9. The van der Waals surface area contributed by atoms with Crippen LogP contribution in [0.2, 0.25) is 5.02 Å². The molecule has 0 aliphatic heterocycles. The summed E-state index contributed by atoms with van der Waals surface area (Å²) in [5.41, 5.74) is 3.37. The van der Waals surface area contributed by atoms with Gasteiger partial charge in [0.05, 0.1) is 12.7 Å². The smallest absolute Gasteiger partial charge is 0.338 e. The molecule has 0 fully saturated rings. The molecule has 0 saturated heterocycles. The van der Waals surface area contributed by atoms with E-state index in [2.05, 4.69) is 26.0 Å². The number of hydrogen-bond donors (Lipinski definition) is 0. The second kappa shape index (κ2) is 6.10. The average Bonchev–Trinajstić information content (AvgIpc) is 2.46. The minimum absolute atomic E-state index is 0.379. The van der Waals surface area contributed by atoms with Crippen molar-refractivity contribution >= 4 is 17.6 Å². The third-order valence-corrected chi connectivity index (χ3v) is 3.60. The molecule has 2 rings (SSSR count). The van der Waals surface area contributed by atoms with Gasteiger partial charge in [0.1, 0.15) is 0 Å². The Hall–Kier alpha value is -1.80. The van der Waals surface area contributed by atoms with E-state index in [1.807, 2.05) is 12.1 Å². The van der Waals surface area contributed by atoms with E-state index in [4.69, 9.17) is 16.3 Å². The maximum Gasteiger partial charge on any atom is 0.338 e. The van der Waals surface area contributed by atoms with E-state index in [9.17, 15) is 4.79 Å². The van der Waals surface area contributed by atoms with E-state index in [0.29, 0.717) is 16.5 Å². The number of methoxy groups -OCH3 is 1. The van der Waals surface area contributed by atoms with Crippen LogP contribution in [-0.4, -0.2) is 13.1 Å². The van der Waals surface area contributed by atoms with Crippen LogP contribution < -0.4 is 0 Å². The second-order valence-corrected chi connectivity index (χ2v) is 5.34. The Balaban J connectivity index is 2.54. The number of carbonyl (C=O) groups is 1. The van der Waals surface area contributed by atoms with Crippen LogP contribution in [0, 0.1) is 0 Å². The van der Waals surface area contributed by atoms with Crippen LogP contribution in [0.5, 0.6) is 0 Å². The summed E-state index contributed by atoms with van der Waals surface area (Å²) in [5, 5.41) is 0.546. The Morgan fingerprint density at radius 1 is 1.10 bits per heavy atom. The van der Waals surface area contributed by atoms with E-state index >= 15 is 0 Å². The van der Waals surface area contributed by atoms with Crippen molar-refractivity contribution in [3.05, 3.63) is 58.6 Å². The van der Waals surface area contributed by atoms with Crippen LogP contribution in [0.1, 0.15) is 35.7 Å². The standard InChI is InChI=1S/C17H17ClO2/c1-11(2)12-7-9-13(10-8-12)16-14(17(19)20-3)5-4-6-15(16)18/h4-11H,1-3H3. The number of benzene rings is 2. The van der Waals surface area contributed by atoms with Gasteiger partial charge in [0.25, 0.3) is 0 Å². The van der Waals surface area contributed by atoms with Gasteiger partial charge in [-0.05, 0) is 29.2 Å². The zero-order chi connectivity index (χ0) is 14.7. The van der Waals surface area contributed by atoms with Crippen LogP contribution in [0.4, 0.5) is 0 Å². The molecule has 0 N–H and O–H groups in total. The Morgan fingerprint density at radius 2 is 1.75 bits per heavy atom. The van der Waals surface area contributed by atoms with Crippen molar-refractivity contribution in [1.82, 2.24) is 0 Å². The molecule has 0 aliphatic carbocycles. The molecular weight excluding hydrogens is 272 g/mol. The van der Waals surface area contributed by atoms with Gasteiger partial charge in [-0.25, -0.2) is 4.79 Å². The maximum atomic E-state index is 11.9.